The van der Waals surface area contributed by atoms with Gasteiger partial charge in [-0.25, -0.2) is 9.13 Å². The largest absolute Gasteiger partial charge is 0.472 e. The lowest BCUT2D eigenvalue weighted by Gasteiger charge is -2.21. The van der Waals surface area contributed by atoms with E-state index in [1.807, 2.05) is 0 Å². The molecule has 0 aliphatic heterocycles. The van der Waals surface area contributed by atoms with Crippen LogP contribution in [0.3, 0.4) is 0 Å². The molecule has 0 aliphatic carbocycles. The Morgan fingerprint density at radius 1 is 0.274 bits per heavy atom. The van der Waals surface area contributed by atoms with Gasteiger partial charge in [0.05, 0.1) is 26.4 Å². The lowest BCUT2D eigenvalue weighted by molar-refractivity contribution is -0.161. The molecule has 0 aliphatic rings. The summed E-state index contributed by atoms with van der Waals surface area (Å²) in [5, 5.41) is 10.7. The van der Waals surface area contributed by atoms with Crippen molar-refractivity contribution in [3.05, 3.63) is 109 Å². The number of rotatable bonds is 79. The zero-order valence-electron chi connectivity index (χ0n) is 67.1. The van der Waals surface area contributed by atoms with E-state index in [9.17, 15) is 43.2 Å². The van der Waals surface area contributed by atoms with Crippen molar-refractivity contribution in [2.75, 3.05) is 39.6 Å². The molecule has 0 amide bonds. The third kappa shape index (κ3) is 77.9. The Hall–Kier alpha value is -4.28. The van der Waals surface area contributed by atoms with Crippen molar-refractivity contribution in [1.29, 1.82) is 0 Å². The SMILES string of the molecule is CC/C=C\C/C=C\C/C=C\C/C=C\C/C=C\CCCCCC(=O)OCC(COP(=O)(O)OCC(O)COP(=O)(O)OCC(COC(=O)CCCCCCCC/C=C\C/C=C\C/C=C\CCCCC)OC(=O)CCCCCCCCCCCCCCCCC)OC(=O)CCCCCCC/C=C\CCCCCC. The normalized spacial score (nSPS) is 14.4. The van der Waals surface area contributed by atoms with Gasteiger partial charge in [-0.15, -0.1) is 0 Å². The number of allylic oxidation sites excluding steroid dienone is 18. The molecule has 0 spiro atoms. The van der Waals surface area contributed by atoms with Crippen LogP contribution in [0.1, 0.15) is 362 Å². The zero-order valence-corrected chi connectivity index (χ0v) is 68.9. The van der Waals surface area contributed by atoms with Gasteiger partial charge >= 0.3 is 39.5 Å². The molecule has 0 aromatic rings. The minimum atomic E-state index is -4.99. The van der Waals surface area contributed by atoms with E-state index < -0.39 is 97.5 Å². The number of hydrogen-bond acceptors (Lipinski definition) is 15. The van der Waals surface area contributed by atoms with Gasteiger partial charge in [-0.1, -0.05) is 310 Å². The molecular formula is C87H152O17P2. The van der Waals surface area contributed by atoms with Crippen LogP contribution in [0, 0.1) is 0 Å². The van der Waals surface area contributed by atoms with Crippen LogP contribution in [0.4, 0.5) is 0 Å². The molecule has 19 heteroatoms. The quantitative estimate of drug-likeness (QED) is 0.0169. The van der Waals surface area contributed by atoms with Crippen molar-refractivity contribution in [2.45, 2.75) is 380 Å². The molecule has 0 bridgehead atoms. The number of hydrogen-bond donors (Lipinski definition) is 3. The molecule has 0 saturated carbocycles. The van der Waals surface area contributed by atoms with Gasteiger partial charge in [0, 0.05) is 25.7 Å². The molecule has 0 rings (SSSR count). The van der Waals surface area contributed by atoms with E-state index in [1.54, 1.807) is 0 Å². The van der Waals surface area contributed by atoms with Crippen LogP contribution in [0.5, 0.6) is 0 Å². The first kappa shape index (κ1) is 102. The first-order valence-electron chi connectivity index (χ1n) is 42.1. The van der Waals surface area contributed by atoms with Crippen LogP contribution < -0.4 is 0 Å². The van der Waals surface area contributed by atoms with E-state index in [-0.39, 0.29) is 25.7 Å². The molecule has 0 heterocycles. The number of ether oxygens (including phenoxy) is 4. The lowest BCUT2D eigenvalue weighted by atomic mass is 10.0. The first-order chi connectivity index (χ1) is 51.7. The predicted octanol–water partition coefficient (Wildman–Crippen LogP) is 24.9. The summed E-state index contributed by atoms with van der Waals surface area (Å²) in [5.41, 5.74) is 0. The zero-order chi connectivity index (χ0) is 77.4. The topological polar surface area (TPSA) is 237 Å². The molecule has 0 fully saturated rings. The Morgan fingerprint density at radius 2 is 0.491 bits per heavy atom. The van der Waals surface area contributed by atoms with Gasteiger partial charge in [-0.2, -0.15) is 0 Å². The van der Waals surface area contributed by atoms with Crippen molar-refractivity contribution in [3.63, 3.8) is 0 Å². The fourth-order valence-electron chi connectivity index (χ4n) is 11.3. The second-order valence-corrected chi connectivity index (χ2v) is 30.9. The summed E-state index contributed by atoms with van der Waals surface area (Å²) in [6.07, 6.45) is 86.2. The molecule has 612 valence electrons. The summed E-state index contributed by atoms with van der Waals surface area (Å²) in [4.78, 5) is 73.2. The second-order valence-electron chi connectivity index (χ2n) is 28.0. The van der Waals surface area contributed by atoms with E-state index in [0.717, 1.165) is 173 Å². The van der Waals surface area contributed by atoms with Gasteiger partial charge < -0.3 is 33.8 Å². The summed E-state index contributed by atoms with van der Waals surface area (Å²) >= 11 is 0. The highest BCUT2D eigenvalue weighted by Crippen LogP contribution is 2.45. The second kappa shape index (κ2) is 78.8. The van der Waals surface area contributed by atoms with Gasteiger partial charge in [-0.3, -0.25) is 37.3 Å². The Labute approximate surface area is 645 Å². The Morgan fingerprint density at radius 3 is 0.802 bits per heavy atom. The number of unbranched alkanes of at least 4 members (excludes halogenated alkanes) is 35. The highest BCUT2D eigenvalue weighted by atomic mass is 31.2. The number of carbonyl (C=O) groups is 4. The number of esters is 4. The fourth-order valence-corrected chi connectivity index (χ4v) is 12.9. The third-order valence-corrected chi connectivity index (χ3v) is 19.6. The van der Waals surface area contributed by atoms with Crippen molar-refractivity contribution >= 4 is 39.5 Å². The van der Waals surface area contributed by atoms with Crippen LogP contribution in [0.2, 0.25) is 0 Å². The minimum absolute atomic E-state index is 0.0767. The van der Waals surface area contributed by atoms with Crippen LogP contribution in [0.15, 0.2) is 109 Å². The number of carbonyl (C=O) groups excluding carboxylic acids is 4. The summed E-state index contributed by atoms with van der Waals surface area (Å²) < 4.78 is 68.7. The molecule has 0 saturated heterocycles. The molecule has 0 aromatic heterocycles. The smallest absolute Gasteiger partial charge is 0.462 e. The molecule has 3 N–H and O–H groups in total. The van der Waals surface area contributed by atoms with Gasteiger partial charge in [0.15, 0.2) is 12.2 Å². The fraction of sp³-hybridized carbons (Fsp3) is 0.747. The van der Waals surface area contributed by atoms with E-state index in [2.05, 4.69) is 137 Å². The van der Waals surface area contributed by atoms with Crippen LogP contribution in [-0.2, 0) is 65.4 Å². The predicted molar refractivity (Wildman–Crippen MR) is 436 cm³/mol. The average Bonchev–Trinajstić information content (AvgIpc) is 0.901. The van der Waals surface area contributed by atoms with Crippen molar-refractivity contribution in [3.8, 4) is 0 Å². The van der Waals surface area contributed by atoms with E-state index in [1.165, 1.54) is 109 Å². The third-order valence-electron chi connectivity index (χ3n) is 17.7. The van der Waals surface area contributed by atoms with Crippen LogP contribution in [-0.4, -0.2) is 96.7 Å². The molecule has 0 radical (unpaired) electrons. The Bertz CT molecular complexity index is 2430. The van der Waals surface area contributed by atoms with Crippen molar-refractivity contribution in [1.82, 2.24) is 0 Å². The van der Waals surface area contributed by atoms with Gasteiger partial charge in [0.1, 0.15) is 19.3 Å². The minimum Gasteiger partial charge on any atom is -0.462 e. The lowest BCUT2D eigenvalue weighted by Crippen LogP contribution is -2.30. The molecule has 0 aromatic carbocycles. The average molecular weight is 1530 g/mol. The molecule has 106 heavy (non-hydrogen) atoms. The van der Waals surface area contributed by atoms with E-state index in [0.29, 0.717) is 25.7 Å². The number of phosphoric ester groups is 2. The molecular weight excluding hydrogens is 1380 g/mol. The summed E-state index contributed by atoms with van der Waals surface area (Å²) in [6, 6.07) is 0. The Balaban J connectivity index is 5.37. The monoisotopic (exact) mass is 1530 g/mol. The molecule has 17 nitrogen and oxygen atoms in total. The number of phosphoric acid groups is 2. The number of aliphatic hydroxyl groups excluding tert-OH is 1. The summed E-state index contributed by atoms with van der Waals surface area (Å²) in [5.74, 6) is -2.21. The maximum atomic E-state index is 13.1. The summed E-state index contributed by atoms with van der Waals surface area (Å²) in [7, 11) is -9.97. The van der Waals surface area contributed by atoms with E-state index >= 15 is 0 Å². The maximum absolute atomic E-state index is 13.1. The van der Waals surface area contributed by atoms with Gasteiger partial charge in [0.2, 0.25) is 0 Å². The van der Waals surface area contributed by atoms with Gasteiger partial charge in [-0.05, 0) is 135 Å². The first-order valence-corrected chi connectivity index (χ1v) is 45.1. The summed E-state index contributed by atoms with van der Waals surface area (Å²) in [6.45, 7) is 4.72. The highest BCUT2D eigenvalue weighted by Gasteiger charge is 2.30. The van der Waals surface area contributed by atoms with Crippen LogP contribution >= 0.6 is 15.6 Å². The van der Waals surface area contributed by atoms with E-state index in [4.69, 9.17) is 37.0 Å². The maximum Gasteiger partial charge on any atom is 0.472 e. The van der Waals surface area contributed by atoms with Crippen LogP contribution in [0.25, 0.3) is 0 Å². The van der Waals surface area contributed by atoms with Gasteiger partial charge in [0.25, 0.3) is 0 Å². The molecule has 5 unspecified atom stereocenters. The Kier molecular flexibility index (Phi) is 75.6. The van der Waals surface area contributed by atoms with Crippen molar-refractivity contribution < 1.29 is 80.2 Å². The number of aliphatic hydroxyl groups is 1. The standard InChI is InChI=1S/C87H152O17P2/c1-5-9-13-17-21-25-29-33-36-38-40-42-45-48-51-55-59-63-67-71-84(89)97-77-82(103-86(91)73-69-65-61-57-53-47-32-28-24-20-16-12-8-4)79-101-105(93,94)99-75-81(88)76-100-106(95,96)102-80-83(104-87(92)74-70-66-62-58-54-50-44-35-31-27-23-19-15-11-7-3)78-98-85(90)72-68-64-60-56-52-49-46-43-41-39-37-34-30-26-22-18-14-10-6-2/h9,13,21-22,25-26,28,32-34,36-37,40-43,48,51,81-83,88H,5-8,10-12,14-20,23-24,27,29-31,35,38-39,44-47,49-50,52-80H2,1-4H3,(H,93,94)(H,95,96)/b13-9-,25-21-,26-22-,32-28-,36-33-,37-34-,42-40-,43-41-,51-48-. The highest BCUT2D eigenvalue weighted by molar-refractivity contribution is 7.47. The van der Waals surface area contributed by atoms with Crippen molar-refractivity contribution in [2.24, 2.45) is 0 Å². The molecule has 5 atom stereocenters.